The van der Waals surface area contributed by atoms with Crippen LogP contribution in [0.4, 0.5) is 0 Å². The standard InChI is InChI=1S/C11H16BrN/c1-3-9(2)13-8-10-5-4-6-11(12)7-10/h4-7,9,13H,3,8H2,1-2H3/t9-/m1/s1. The maximum atomic E-state index is 3.46. The lowest BCUT2D eigenvalue weighted by Crippen LogP contribution is -2.24. The molecule has 0 saturated heterocycles. The second kappa shape index (κ2) is 5.40. The fraction of sp³-hybridized carbons (Fsp3) is 0.455. The number of hydrogen-bond donors (Lipinski definition) is 1. The third-order valence-electron chi connectivity index (χ3n) is 2.16. The highest BCUT2D eigenvalue weighted by Crippen LogP contribution is 2.11. The minimum atomic E-state index is 0.596. The molecule has 0 aliphatic heterocycles. The Hall–Kier alpha value is -0.340. The maximum Gasteiger partial charge on any atom is 0.0208 e. The number of halogens is 1. The summed E-state index contributed by atoms with van der Waals surface area (Å²) in [6.07, 6.45) is 1.17. The summed E-state index contributed by atoms with van der Waals surface area (Å²) in [7, 11) is 0. The van der Waals surface area contributed by atoms with Gasteiger partial charge in [0.1, 0.15) is 0 Å². The first-order valence-electron chi connectivity index (χ1n) is 4.70. The molecule has 1 nitrogen and oxygen atoms in total. The molecule has 1 aromatic carbocycles. The molecule has 0 heterocycles. The van der Waals surface area contributed by atoms with Crippen LogP contribution in [-0.2, 0) is 6.54 Å². The van der Waals surface area contributed by atoms with E-state index in [0.29, 0.717) is 6.04 Å². The molecular weight excluding hydrogens is 226 g/mol. The van der Waals surface area contributed by atoms with Crippen molar-refractivity contribution in [2.75, 3.05) is 0 Å². The van der Waals surface area contributed by atoms with E-state index in [0.717, 1.165) is 11.0 Å². The molecule has 2 heteroatoms. The lowest BCUT2D eigenvalue weighted by atomic mass is 10.2. The van der Waals surface area contributed by atoms with E-state index in [4.69, 9.17) is 0 Å². The molecule has 0 saturated carbocycles. The smallest absolute Gasteiger partial charge is 0.0208 e. The third kappa shape index (κ3) is 3.92. The Labute approximate surface area is 88.7 Å². The van der Waals surface area contributed by atoms with Crippen LogP contribution in [0.5, 0.6) is 0 Å². The van der Waals surface area contributed by atoms with E-state index in [1.807, 2.05) is 6.07 Å². The van der Waals surface area contributed by atoms with Crippen molar-refractivity contribution in [1.82, 2.24) is 5.32 Å². The van der Waals surface area contributed by atoms with Gasteiger partial charge in [-0.05, 0) is 31.0 Å². The molecule has 0 amide bonds. The first kappa shape index (κ1) is 10.7. The van der Waals surface area contributed by atoms with Crippen molar-refractivity contribution in [3.8, 4) is 0 Å². The predicted molar refractivity (Wildman–Crippen MR) is 60.7 cm³/mol. The molecule has 1 N–H and O–H groups in total. The summed E-state index contributed by atoms with van der Waals surface area (Å²) < 4.78 is 1.15. The third-order valence-corrected chi connectivity index (χ3v) is 2.65. The zero-order chi connectivity index (χ0) is 9.68. The van der Waals surface area contributed by atoms with Gasteiger partial charge in [0.25, 0.3) is 0 Å². The van der Waals surface area contributed by atoms with E-state index < -0.39 is 0 Å². The molecule has 0 bridgehead atoms. The van der Waals surface area contributed by atoms with Crippen molar-refractivity contribution in [1.29, 1.82) is 0 Å². The lowest BCUT2D eigenvalue weighted by molar-refractivity contribution is 0.534. The summed E-state index contributed by atoms with van der Waals surface area (Å²) in [5.41, 5.74) is 1.33. The Morgan fingerprint density at radius 2 is 2.23 bits per heavy atom. The molecule has 0 unspecified atom stereocenters. The van der Waals surface area contributed by atoms with Crippen LogP contribution in [0.1, 0.15) is 25.8 Å². The quantitative estimate of drug-likeness (QED) is 0.853. The molecule has 0 spiro atoms. The van der Waals surface area contributed by atoms with Crippen LogP contribution in [0.3, 0.4) is 0 Å². The van der Waals surface area contributed by atoms with Crippen LogP contribution < -0.4 is 5.32 Å². The Kier molecular flexibility index (Phi) is 4.46. The number of rotatable bonds is 4. The minimum Gasteiger partial charge on any atom is -0.310 e. The fourth-order valence-electron chi connectivity index (χ4n) is 1.08. The van der Waals surface area contributed by atoms with Crippen LogP contribution in [0, 0.1) is 0 Å². The fourth-order valence-corrected chi connectivity index (χ4v) is 1.53. The minimum absolute atomic E-state index is 0.596. The first-order chi connectivity index (χ1) is 6.22. The summed E-state index contributed by atoms with van der Waals surface area (Å²) in [4.78, 5) is 0. The molecule has 0 radical (unpaired) electrons. The van der Waals surface area contributed by atoms with Crippen LogP contribution in [0.25, 0.3) is 0 Å². The van der Waals surface area contributed by atoms with Gasteiger partial charge >= 0.3 is 0 Å². The van der Waals surface area contributed by atoms with E-state index in [1.165, 1.54) is 12.0 Å². The molecule has 0 aliphatic carbocycles. The second-order valence-electron chi connectivity index (χ2n) is 3.32. The van der Waals surface area contributed by atoms with Gasteiger partial charge in [-0.25, -0.2) is 0 Å². The van der Waals surface area contributed by atoms with Crippen LogP contribution in [0.15, 0.2) is 28.7 Å². The zero-order valence-corrected chi connectivity index (χ0v) is 9.76. The van der Waals surface area contributed by atoms with Crippen molar-refractivity contribution >= 4 is 15.9 Å². The van der Waals surface area contributed by atoms with E-state index in [9.17, 15) is 0 Å². The van der Waals surface area contributed by atoms with Crippen LogP contribution >= 0.6 is 15.9 Å². The van der Waals surface area contributed by atoms with Crippen LogP contribution in [0.2, 0.25) is 0 Å². The average molecular weight is 242 g/mol. The molecular formula is C11H16BrN. The molecule has 0 aromatic heterocycles. The summed E-state index contributed by atoms with van der Waals surface area (Å²) in [6, 6.07) is 9.00. The van der Waals surface area contributed by atoms with Crippen molar-refractivity contribution in [3.05, 3.63) is 34.3 Å². The molecule has 72 valence electrons. The second-order valence-corrected chi connectivity index (χ2v) is 4.24. The summed E-state index contributed by atoms with van der Waals surface area (Å²) in [5, 5.41) is 3.45. The van der Waals surface area contributed by atoms with Crippen molar-refractivity contribution in [2.24, 2.45) is 0 Å². The Bertz CT molecular complexity index is 260. The van der Waals surface area contributed by atoms with Gasteiger partial charge in [0.2, 0.25) is 0 Å². The van der Waals surface area contributed by atoms with E-state index in [-0.39, 0.29) is 0 Å². The lowest BCUT2D eigenvalue weighted by Gasteiger charge is -2.10. The van der Waals surface area contributed by atoms with Crippen molar-refractivity contribution in [3.63, 3.8) is 0 Å². The molecule has 1 atom stereocenters. The topological polar surface area (TPSA) is 12.0 Å². The number of nitrogens with one attached hydrogen (secondary N) is 1. The molecule has 1 rings (SSSR count). The average Bonchev–Trinajstić information content (AvgIpc) is 2.14. The predicted octanol–water partition coefficient (Wildman–Crippen LogP) is 3.34. The Morgan fingerprint density at radius 1 is 1.46 bits per heavy atom. The Balaban J connectivity index is 2.45. The summed E-state index contributed by atoms with van der Waals surface area (Å²) in [5.74, 6) is 0. The highest BCUT2D eigenvalue weighted by atomic mass is 79.9. The molecule has 0 aliphatic rings. The SMILES string of the molecule is CC[C@@H](C)NCc1cccc(Br)c1. The number of hydrogen-bond acceptors (Lipinski definition) is 1. The van der Waals surface area contributed by atoms with Gasteiger partial charge in [-0.15, -0.1) is 0 Å². The van der Waals surface area contributed by atoms with Crippen molar-refractivity contribution in [2.45, 2.75) is 32.9 Å². The van der Waals surface area contributed by atoms with Gasteiger partial charge in [0.15, 0.2) is 0 Å². The first-order valence-corrected chi connectivity index (χ1v) is 5.49. The monoisotopic (exact) mass is 241 g/mol. The Morgan fingerprint density at radius 3 is 2.85 bits per heavy atom. The summed E-state index contributed by atoms with van der Waals surface area (Å²) in [6.45, 7) is 5.35. The van der Waals surface area contributed by atoms with Crippen molar-refractivity contribution < 1.29 is 0 Å². The zero-order valence-electron chi connectivity index (χ0n) is 8.18. The van der Waals surface area contributed by atoms with E-state index in [1.54, 1.807) is 0 Å². The molecule has 0 fully saturated rings. The maximum absolute atomic E-state index is 3.46. The molecule has 1 aromatic rings. The highest BCUT2D eigenvalue weighted by molar-refractivity contribution is 9.10. The van der Waals surface area contributed by atoms with Gasteiger partial charge in [-0.2, -0.15) is 0 Å². The number of benzene rings is 1. The van der Waals surface area contributed by atoms with Gasteiger partial charge in [0.05, 0.1) is 0 Å². The largest absolute Gasteiger partial charge is 0.310 e. The van der Waals surface area contributed by atoms with Gasteiger partial charge in [-0.3, -0.25) is 0 Å². The normalized spacial score (nSPS) is 12.8. The highest BCUT2D eigenvalue weighted by Gasteiger charge is 1.97. The summed E-state index contributed by atoms with van der Waals surface area (Å²) >= 11 is 3.46. The van der Waals surface area contributed by atoms with E-state index in [2.05, 4.69) is 53.3 Å². The van der Waals surface area contributed by atoms with Gasteiger partial charge < -0.3 is 5.32 Å². The molecule has 13 heavy (non-hydrogen) atoms. The van der Waals surface area contributed by atoms with Gasteiger partial charge in [0, 0.05) is 17.1 Å². The van der Waals surface area contributed by atoms with E-state index >= 15 is 0 Å². The van der Waals surface area contributed by atoms with Gasteiger partial charge in [-0.1, -0.05) is 35.0 Å². The van der Waals surface area contributed by atoms with Crippen LogP contribution in [-0.4, -0.2) is 6.04 Å².